The molecule has 3 aromatic rings. The summed E-state index contributed by atoms with van der Waals surface area (Å²) in [5.41, 5.74) is 3.56. The monoisotopic (exact) mass is 416 g/mol. The fourth-order valence-electron chi connectivity index (χ4n) is 3.33. The maximum absolute atomic E-state index is 12.3. The zero-order valence-corrected chi connectivity index (χ0v) is 17.1. The number of carbonyl (C=O) groups is 2. The van der Waals surface area contributed by atoms with Crippen LogP contribution in [0.5, 0.6) is 11.5 Å². The van der Waals surface area contributed by atoms with Gasteiger partial charge in [-0.1, -0.05) is 30.3 Å². The van der Waals surface area contributed by atoms with E-state index < -0.39 is 0 Å². The molecule has 2 amide bonds. The first kappa shape index (κ1) is 20.5. The summed E-state index contributed by atoms with van der Waals surface area (Å²) in [4.78, 5) is 23.7. The molecule has 31 heavy (non-hydrogen) atoms. The number of hydrogen-bond donors (Lipinski definition) is 2. The van der Waals surface area contributed by atoms with Gasteiger partial charge in [0.25, 0.3) is 5.91 Å². The minimum atomic E-state index is -0.161. The van der Waals surface area contributed by atoms with Gasteiger partial charge in [-0.2, -0.15) is 0 Å². The fraction of sp³-hybridized carbons (Fsp3) is 0.200. The molecule has 3 aromatic carbocycles. The predicted octanol–water partition coefficient (Wildman–Crippen LogP) is 3.96. The Morgan fingerprint density at radius 1 is 0.903 bits per heavy atom. The van der Waals surface area contributed by atoms with E-state index in [1.54, 1.807) is 24.3 Å². The molecule has 0 spiro atoms. The summed E-state index contributed by atoms with van der Waals surface area (Å²) in [5, 5.41) is 5.70. The highest BCUT2D eigenvalue weighted by Gasteiger charge is 2.15. The normalized spacial score (nSPS) is 12.5. The number of hydrogen-bond acceptors (Lipinski definition) is 4. The summed E-state index contributed by atoms with van der Waals surface area (Å²) in [7, 11) is 0. The number of fused-ring (bicyclic) bond motifs is 1. The minimum Gasteiger partial charge on any atom is -0.492 e. The maximum atomic E-state index is 12.3. The van der Waals surface area contributed by atoms with Crippen LogP contribution in [-0.4, -0.2) is 25.0 Å². The average Bonchev–Trinajstić information content (AvgIpc) is 2.81. The van der Waals surface area contributed by atoms with Gasteiger partial charge in [-0.15, -0.1) is 0 Å². The number of nitrogens with one attached hydrogen (secondary N) is 2. The van der Waals surface area contributed by atoms with Crippen molar-refractivity contribution in [2.24, 2.45) is 0 Å². The van der Waals surface area contributed by atoms with E-state index in [0.29, 0.717) is 43.9 Å². The minimum absolute atomic E-state index is 0.0414. The summed E-state index contributed by atoms with van der Waals surface area (Å²) in [6, 6.07) is 22.6. The van der Waals surface area contributed by atoms with E-state index in [0.717, 1.165) is 22.6 Å². The number of benzene rings is 3. The molecule has 1 aliphatic heterocycles. The molecule has 2 N–H and O–H groups in total. The van der Waals surface area contributed by atoms with Crippen LogP contribution in [0.15, 0.2) is 72.8 Å². The smallest absolute Gasteiger partial charge is 0.251 e. The molecule has 6 nitrogen and oxygen atoms in total. The van der Waals surface area contributed by atoms with E-state index >= 15 is 0 Å². The Kier molecular flexibility index (Phi) is 6.47. The zero-order chi connectivity index (χ0) is 21.5. The van der Waals surface area contributed by atoms with Gasteiger partial charge in [0.15, 0.2) is 0 Å². The second-order valence-electron chi connectivity index (χ2n) is 7.27. The number of amides is 2. The molecular formula is C25H24N2O4. The van der Waals surface area contributed by atoms with Crippen LogP contribution < -0.4 is 20.1 Å². The van der Waals surface area contributed by atoms with Gasteiger partial charge in [0.05, 0.1) is 6.54 Å². The van der Waals surface area contributed by atoms with Crippen LogP contribution in [0.4, 0.5) is 5.69 Å². The Labute approximate surface area is 181 Å². The van der Waals surface area contributed by atoms with Crippen LogP contribution >= 0.6 is 0 Å². The van der Waals surface area contributed by atoms with Gasteiger partial charge in [0, 0.05) is 17.7 Å². The largest absolute Gasteiger partial charge is 0.492 e. The number of rotatable bonds is 8. The Bertz CT molecular complexity index is 1050. The highest BCUT2D eigenvalue weighted by Crippen LogP contribution is 2.26. The molecule has 0 aliphatic carbocycles. The molecule has 1 aliphatic rings. The first-order valence-electron chi connectivity index (χ1n) is 10.3. The van der Waals surface area contributed by atoms with Crippen LogP contribution in [-0.2, 0) is 17.8 Å². The first-order chi connectivity index (χ1) is 15.2. The molecule has 0 fully saturated rings. The highest BCUT2D eigenvalue weighted by molar-refractivity contribution is 5.94. The van der Waals surface area contributed by atoms with Crippen LogP contribution in [0, 0.1) is 0 Å². The van der Waals surface area contributed by atoms with E-state index in [9.17, 15) is 9.59 Å². The zero-order valence-electron chi connectivity index (χ0n) is 17.1. The summed E-state index contributed by atoms with van der Waals surface area (Å²) < 4.78 is 11.5. The predicted molar refractivity (Wildman–Crippen MR) is 118 cm³/mol. The van der Waals surface area contributed by atoms with Crippen LogP contribution in [0.2, 0.25) is 0 Å². The van der Waals surface area contributed by atoms with Crippen molar-refractivity contribution in [1.82, 2.24) is 5.32 Å². The van der Waals surface area contributed by atoms with Gasteiger partial charge in [-0.25, -0.2) is 0 Å². The van der Waals surface area contributed by atoms with Crippen molar-refractivity contribution in [3.05, 3.63) is 89.5 Å². The number of aryl methyl sites for hydroxylation is 1. The number of carbonyl (C=O) groups excluding carboxylic acids is 2. The van der Waals surface area contributed by atoms with Crippen molar-refractivity contribution in [3.63, 3.8) is 0 Å². The lowest BCUT2D eigenvalue weighted by molar-refractivity contribution is -0.116. The fourth-order valence-corrected chi connectivity index (χ4v) is 3.33. The molecule has 6 heteroatoms. The lowest BCUT2D eigenvalue weighted by Gasteiger charge is -2.17. The molecule has 0 aromatic heterocycles. The second kappa shape index (κ2) is 9.80. The standard InChI is InChI=1S/C25H24N2O4/c28-24-13-8-20-16-22(11-12-23(20)27-24)30-15-14-26-25(29)19-6-9-21(10-7-19)31-17-18-4-2-1-3-5-18/h1-7,9-12,16H,8,13-15,17H2,(H,26,29)(H,27,28). The quantitative estimate of drug-likeness (QED) is 0.545. The van der Waals surface area contributed by atoms with E-state index in [4.69, 9.17) is 9.47 Å². The van der Waals surface area contributed by atoms with E-state index in [1.165, 1.54) is 0 Å². The van der Waals surface area contributed by atoms with Crippen molar-refractivity contribution >= 4 is 17.5 Å². The molecule has 0 saturated carbocycles. The second-order valence-corrected chi connectivity index (χ2v) is 7.27. The third-order valence-corrected chi connectivity index (χ3v) is 4.99. The summed E-state index contributed by atoms with van der Waals surface area (Å²) in [6.45, 7) is 1.23. The van der Waals surface area contributed by atoms with Crippen molar-refractivity contribution in [1.29, 1.82) is 0 Å². The van der Waals surface area contributed by atoms with Gasteiger partial charge in [0.1, 0.15) is 24.7 Å². The topological polar surface area (TPSA) is 76.7 Å². The molecule has 0 atom stereocenters. The summed E-state index contributed by atoms with van der Waals surface area (Å²) in [6.07, 6.45) is 1.20. The third kappa shape index (κ3) is 5.63. The molecule has 1 heterocycles. The van der Waals surface area contributed by atoms with Gasteiger partial charge in [0.2, 0.25) is 5.91 Å². The van der Waals surface area contributed by atoms with Crippen molar-refractivity contribution in [2.45, 2.75) is 19.4 Å². The summed E-state index contributed by atoms with van der Waals surface area (Å²) >= 11 is 0. The Hall–Kier alpha value is -3.80. The van der Waals surface area contributed by atoms with Crippen LogP contribution in [0.3, 0.4) is 0 Å². The Morgan fingerprint density at radius 3 is 2.48 bits per heavy atom. The maximum Gasteiger partial charge on any atom is 0.251 e. The van der Waals surface area contributed by atoms with Crippen molar-refractivity contribution in [3.8, 4) is 11.5 Å². The lowest BCUT2D eigenvalue weighted by Crippen LogP contribution is -2.28. The molecular weight excluding hydrogens is 392 g/mol. The molecule has 4 rings (SSSR count). The van der Waals surface area contributed by atoms with E-state index in [1.807, 2.05) is 48.5 Å². The van der Waals surface area contributed by atoms with Gasteiger partial charge >= 0.3 is 0 Å². The van der Waals surface area contributed by atoms with Crippen molar-refractivity contribution in [2.75, 3.05) is 18.5 Å². The Morgan fingerprint density at radius 2 is 1.68 bits per heavy atom. The van der Waals surface area contributed by atoms with E-state index in [-0.39, 0.29) is 11.8 Å². The number of ether oxygens (including phenoxy) is 2. The van der Waals surface area contributed by atoms with Crippen LogP contribution in [0.1, 0.15) is 27.9 Å². The SMILES string of the molecule is O=C1CCc2cc(OCCNC(=O)c3ccc(OCc4ccccc4)cc3)ccc2N1. The van der Waals surface area contributed by atoms with Crippen LogP contribution in [0.25, 0.3) is 0 Å². The lowest BCUT2D eigenvalue weighted by atomic mass is 10.0. The molecule has 0 bridgehead atoms. The first-order valence-corrected chi connectivity index (χ1v) is 10.3. The number of anilines is 1. The third-order valence-electron chi connectivity index (χ3n) is 4.99. The molecule has 0 radical (unpaired) electrons. The summed E-state index contributed by atoms with van der Waals surface area (Å²) in [5.74, 6) is 1.32. The average molecular weight is 416 g/mol. The Balaban J connectivity index is 1.20. The molecule has 158 valence electrons. The van der Waals surface area contributed by atoms with E-state index in [2.05, 4.69) is 10.6 Å². The van der Waals surface area contributed by atoms with Gasteiger partial charge in [-0.05, 0) is 60.0 Å². The molecule has 0 unspecified atom stereocenters. The van der Waals surface area contributed by atoms with Crippen molar-refractivity contribution < 1.29 is 19.1 Å². The molecule has 0 saturated heterocycles. The van der Waals surface area contributed by atoms with Gasteiger partial charge in [-0.3, -0.25) is 9.59 Å². The van der Waals surface area contributed by atoms with Gasteiger partial charge < -0.3 is 20.1 Å². The highest BCUT2D eigenvalue weighted by atomic mass is 16.5.